The molecule has 4 rings (SSSR count). The van der Waals surface area contributed by atoms with Gasteiger partial charge in [0.05, 0.1) is 29.1 Å². The lowest BCUT2D eigenvalue weighted by Gasteiger charge is -2.41. The zero-order valence-electron chi connectivity index (χ0n) is 27.7. The molecule has 44 heavy (non-hydrogen) atoms. The fourth-order valence-electron chi connectivity index (χ4n) is 7.17. The second-order valence-corrected chi connectivity index (χ2v) is 15.3. The Morgan fingerprint density at radius 1 is 0.682 bits per heavy atom. The molecule has 2 aromatic rings. The van der Waals surface area contributed by atoms with Crippen LogP contribution in [0.25, 0.3) is 11.4 Å². The molecule has 238 valence electrons. The number of benzene rings is 2. The minimum absolute atomic E-state index is 0.100. The average Bonchev–Trinajstić information content (AvgIpc) is 3.42. The standard InChI is InChI=1S/C37H50N2O4S/c1-24(2)22-36(5,6)38-32(27-13-11-26(12-14-27)10-9-19-40)30-31(35(38)43)33(28-15-17-29(18-16-28)44-21-20-41)39(34(30)42)37(7,8)23-25(3)4/h11-18,24-25,40-41H,9-10,19-23H2,1-8H3. The lowest BCUT2D eigenvalue weighted by molar-refractivity contribution is -0.127. The van der Waals surface area contributed by atoms with Crippen LogP contribution in [0.2, 0.25) is 0 Å². The lowest BCUT2D eigenvalue weighted by atomic mass is 9.89. The molecule has 0 aromatic heterocycles. The molecule has 2 aliphatic rings. The summed E-state index contributed by atoms with van der Waals surface area (Å²) in [4.78, 5) is 34.5. The topological polar surface area (TPSA) is 81.1 Å². The van der Waals surface area contributed by atoms with Crippen LogP contribution >= 0.6 is 11.8 Å². The molecule has 2 heterocycles. The summed E-state index contributed by atoms with van der Waals surface area (Å²) in [6, 6.07) is 16.1. The zero-order chi connectivity index (χ0) is 32.4. The number of aryl methyl sites for hydroxylation is 1. The first-order valence-corrected chi connectivity index (χ1v) is 16.9. The quantitative estimate of drug-likeness (QED) is 0.220. The number of hydrogen-bond donors (Lipinski definition) is 2. The van der Waals surface area contributed by atoms with Gasteiger partial charge >= 0.3 is 0 Å². The second-order valence-electron chi connectivity index (χ2n) is 14.2. The predicted octanol–water partition coefficient (Wildman–Crippen LogP) is 7.15. The van der Waals surface area contributed by atoms with Gasteiger partial charge in [0.15, 0.2) is 0 Å². The summed E-state index contributed by atoms with van der Waals surface area (Å²) in [6.07, 6.45) is 3.01. The number of rotatable bonds is 14. The van der Waals surface area contributed by atoms with Crippen LogP contribution in [0.1, 0.15) is 91.3 Å². The first kappa shape index (κ1) is 34.0. The van der Waals surface area contributed by atoms with Crippen LogP contribution in [0.5, 0.6) is 0 Å². The molecule has 0 unspecified atom stereocenters. The Morgan fingerprint density at radius 3 is 1.50 bits per heavy atom. The molecule has 7 heteroatoms. The monoisotopic (exact) mass is 618 g/mol. The summed E-state index contributed by atoms with van der Waals surface area (Å²) in [5.41, 5.74) is 4.06. The summed E-state index contributed by atoms with van der Waals surface area (Å²) in [7, 11) is 0. The lowest BCUT2D eigenvalue weighted by Crippen LogP contribution is -2.48. The molecule has 0 aliphatic carbocycles. The molecular weight excluding hydrogens is 568 g/mol. The maximum absolute atomic E-state index is 14.8. The normalized spacial score (nSPS) is 16.0. The van der Waals surface area contributed by atoms with E-state index in [0.717, 1.165) is 40.8 Å². The van der Waals surface area contributed by atoms with Gasteiger partial charge in [-0.3, -0.25) is 9.59 Å². The van der Waals surface area contributed by atoms with Gasteiger partial charge in [-0.25, -0.2) is 0 Å². The highest BCUT2D eigenvalue weighted by molar-refractivity contribution is 7.99. The van der Waals surface area contributed by atoms with Gasteiger partial charge in [-0.2, -0.15) is 0 Å². The molecular formula is C37H50N2O4S. The highest BCUT2D eigenvalue weighted by Crippen LogP contribution is 2.52. The molecule has 0 radical (unpaired) electrons. The summed E-state index contributed by atoms with van der Waals surface area (Å²) in [5.74, 6) is 1.04. The summed E-state index contributed by atoms with van der Waals surface area (Å²) < 4.78 is 0. The number of carbonyl (C=O) groups excluding carboxylic acids is 2. The van der Waals surface area contributed by atoms with E-state index in [0.29, 0.717) is 46.5 Å². The number of aliphatic hydroxyl groups excluding tert-OH is 2. The van der Waals surface area contributed by atoms with E-state index in [9.17, 15) is 19.8 Å². The molecule has 2 N–H and O–H groups in total. The number of carbonyl (C=O) groups is 2. The van der Waals surface area contributed by atoms with Crippen LogP contribution in [0.4, 0.5) is 0 Å². The zero-order valence-corrected chi connectivity index (χ0v) is 28.6. The number of amides is 2. The summed E-state index contributed by atoms with van der Waals surface area (Å²) in [5, 5.41) is 18.6. The minimum atomic E-state index is -0.535. The number of fused-ring (bicyclic) bond motifs is 1. The van der Waals surface area contributed by atoms with Crippen LogP contribution in [0.3, 0.4) is 0 Å². The van der Waals surface area contributed by atoms with Gasteiger partial charge in [0.25, 0.3) is 11.8 Å². The van der Waals surface area contributed by atoms with E-state index >= 15 is 0 Å². The van der Waals surface area contributed by atoms with Crippen molar-refractivity contribution in [3.05, 3.63) is 76.4 Å². The van der Waals surface area contributed by atoms with Gasteiger partial charge < -0.3 is 20.0 Å². The van der Waals surface area contributed by atoms with Gasteiger partial charge in [0, 0.05) is 28.3 Å². The smallest absolute Gasteiger partial charge is 0.261 e. The van der Waals surface area contributed by atoms with Gasteiger partial charge in [-0.05, 0) is 94.0 Å². The first-order chi connectivity index (χ1) is 20.7. The van der Waals surface area contributed by atoms with Crippen LogP contribution < -0.4 is 0 Å². The number of nitrogens with zero attached hydrogens (tertiary/aromatic N) is 2. The molecule has 0 atom stereocenters. The maximum atomic E-state index is 14.8. The van der Waals surface area contributed by atoms with E-state index in [1.54, 1.807) is 11.8 Å². The molecule has 0 bridgehead atoms. The Morgan fingerprint density at radius 2 is 1.11 bits per heavy atom. The molecule has 0 saturated carbocycles. The second kappa shape index (κ2) is 13.6. The van der Waals surface area contributed by atoms with E-state index in [-0.39, 0.29) is 25.0 Å². The number of hydrogen-bond acceptors (Lipinski definition) is 5. The van der Waals surface area contributed by atoms with Gasteiger partial charge in [0.1, 0.15) is 0 Å². The third-order valence-electron chi connectivity index (χ3n) is 8.37. The van der Waals surface area contributed by atoms with Gasteiger partial charge in [-0.1, -0.05) is 64.1 Å². The van der Waals surface area contributed by atoms with Crippen molar-refractivity contribution >= 4 is 35.0 Å². The van der Waals surface area contributed by atoms with Crippen LogP contribution in [-0.2, 0) is 16.0 Å². The largest absolute Gasteiger partial charge is 0.396 e. The van der Waals surface area contributed by atoms with Crippen molar-refractivity contribution in [2.24, 2.45) is 11.8 Å². The van der Waals surface area contributed by atoms with Crippen LogP contribution in [0.15, 0.2) is 64.6 Å². The SMILES string of the molecule is CC(C)CC(C)(C)N1C(=O)C2=C(c3ccc(SCCO)cc3)N(C(C)(C)CC(C)C)C(=O)C2=C1c1ccc(CCCO)cc1. The fraction of sp³-hybridized carbons (Fsp3) is 0.514. The fourth-order valence-corrected chi connectivity index (χ4v) is 7.83. The van der Waals surface area contributed by atoms with Crippen molar-refractivity contribution in [2.45, 2.75) is 97.0 Å². The van der Waals surface area contributed by atoms with Crippen molar-refractivity contribution in [1.29, 1.82) is 0 Å². The van der Waals surface area contributed by atoms with Crippen molar-refractivity contribution in [3.8, 4) is 0 Å². The molecule has 0 saturated heterocycles. The Hall–Kier alpha value is -2.87. The van der Waals surface area contributed by atoms with E-state index < -0.39 is 11.1 Å². The molecule has 0 spiro atoms. The Balaban J connectivity index is 1.99. The van der Waals surface area contributed by atoms with Crippen molar-refractivity contribution in [3.63, 3.8) is 0 Å². The van der Waals surface area contributed by atoms with Crippen molar-refractivity contribution < 1.29 is 19.8 Å². The third-order valence-corrected chi connectivity index (χ3v) is 9.36. The average molecular weight is 619 g/mol. The van der Waals surface area contributed by atoms with Crippen molar-refractivity contribution in [2.75, 3.05) is 19.0 Å². The van der Waals surface area contributed by atoms with Crippen LogP contribution in [0, 0.1) is 11.8 Å². The molecule has 0 fully saturated rings. The van der Waals surface area contributed by atoms with E-state index in [1.807, 2.05) is 58.3 Å². The first-order valence-electron chi connectivity index (χ1n) is 16.0. The molecule has 2 aliphatic heterocycles. The van der Waals surface area contributed by atoms with Gasteiger partial charge in [-0.15, -0.1) is 11.8 Å². The molecule has 2 amide bonds. The van der Waals surface area contributed by atoms with Crippen LogP contribution in [-0.4, -0.2) is 61.9 Å². The third kappa shape index (κ3) is 6.85. The highest BCUT2D eigenvalue weighted by atomic mass is 32.2. The summed E-state index contributed by atoms with van der Waals surface area (Å²) >= 11 is 1.57. The number of thioether (sulfide) groups is 1. The summed E-state index contributed by atoms with van der Waals surface area (Å²) in [6.45, 7) is 17.3. The maximum Gasteiger partial charge on any atom is 0.261 e. The molecule has 2 aromatic carbocycles. The van der Waals surface area contributed by atoms with E-state index in [1.165, 1.54) is 0 Å². The van der Waals surface area contributed by atoms with E-state index in [4.69, 9.17) is 0 Å². The van der Waals surface area contributed by atoms with Crippen molar-refractivity contribution in [1.82, 2.24) is 9.80 Å². The Bertz CT molecular complexity index is 1310. The Labute approximate surface area is 268 Å². The minimum Gasteiger partial charge on any atom is -0.396 e. The highest BCUT2D eigenvalue weighted by Gasteiger charge is 2.54. The Kier molecular flexibility index (Phi) is 10.5. The predicted molar refractivity (Wildman–Crippen MR) is 181 cm³/mol. The van der Waals surface area contributed by atoms with E-state index in [2.05, 4.69) is 55.4 Å². The molecule has 6 nitrogen and oxygen atoms in total. The number of aliphatic hydroxyl groups is 2. The van der Waals surface area contributed by atoms with Gasteiger partial charge in [0.2, 0.25) is 0 Å².